The van der Waals surface area contributed by atoms with Crippen molar-refractivity contribution < 1.29 is 14.4 Å². The predicted molar refractivity (Wildman–Crippen MR) is 57.0 cm³/mol. The third kappa shape index (κ3) is 2.95. The van der Waals surface area contributed by atoms with Gasteiger partial charge in [-0.1, -0.05) is 13.8 Å². The Labute approximate surface area is 92.4 Å². The van der Waals surface area contributed by atoms with Gasteiger partial charge in [-0.2, -0.15) is 0 Å². The highest BCUT2D eigenvalue weighted by atomic mass is 32.2. The number of nitrogens with zero attached hydrogens (tertiary/aromatic N) is 1. The number of nitrogens with two attached hydrogens (primary N) is 1. The highest BCUT2D eigenvalue weighted by Gasteiger charge is 2.39. The molecule has 0 saturated carbocycles. The predicted octanol–water partition coefficient (Wildman–Crippen LogP) is -0.259. The number of carbonyl (C=O) groups is 3. The second-order valence-electron chi connectivity index (χ2n) is 3.66. The minimum atomic E-state index is -0.660. The Morgan fingerprint density at radius 3 is 2.67 bits per heavy atom. The fourth-order valence-corrected chi connectivity index (χ4v) is 2.55. The summed E-state index contributed by atoms with van der Waals surface area (Å²) in [5.41, 5.74) is 4.95. The Balaban J connectivity index is 2.66. The molecular formula is C9H14N2O3S. The van der Waals surface area contributed by atoms with Gasteiger partial charge in [-0.05, 0) is 5.25 Å². The molecule has 0 aromatic carbocycles. The van der Waals surface area contributed by atoms with E-state index in [1.807, 2.05) is 13.8 Å². The number of hydrogen-bond donors (Lipinski definition) is 1. The van der Waals surface area contributed by atoms with Crippen molar-refractivity contribution in [3.63, 3.8) is 0 Å². The summed E-state index contributed by atoms with van der Waals surface area (Å²) in [5.74, 6) is -1.26. The van der Waals surface area contributed by atoms with E-state index >= 15 is 0 Å². The molecule has 6 heteroatoms. The SMILES string of the molecule is CC(C)SC1CC(=O)N(CC(N)=O)C1=O. The van der Waals surface area contributed by atoms with Gasteiger partial charge in [-0.3, -0.25) is 19.3 Å². The monoisotopic (exact) mass is 230 g/mol. The molecule has 1 fully saturated rings. The van der Waals surface area contributed by atoms with Crippen LogP contribution in [0.2, 0.25) is 0 Å². The van der Waals surface area contributed by atoms with E-state index in [2.05, 4.69) is 0 Å². The van der Waals surface area contributed by atoms with Crippen LogP contribution in [-0.2, 0) is 14.4 Å². The molecule has 2 N–H and O–H groups in total. The molecule has 0 spiro atoms. The van der Waals surface area contributed by atoms with Crippen molar-refractivity contribution in [3.05, 3.63) is 0 Å². The van der Waals surface area contributed by atoms with Crippen LogP contribution in [0.25, 0.3) is 0 Å². The van der Waals surface area contributed by atoms with Crippen LogP contribution in [-0.4, -0.2) is 39.7 Å². The topological polar surface area (TPSA) is 80.5 Å². The van der Waals surface area contributed by atoms with Crippen molar-refractivity contribution in [1.82, 2.24) is 4.90 Å². The summed E-state index contributed by atoms with van der Waals surface area (Å²) in [4.78, 5) is 34.7. The third-order valence-corrected chi connectivity index (χ3v) is 3.19. The first kappa shape index (κ1) is 12.0. The first-order valence-electron chi connectivity index (χ1n) is 4.69. The van der Waals surface area contributed by atoms with E-state index in [0.29, 0.717) is 0 Å². The molecule has 1 aliphatic heterocycles. The van der Waals surface area contributed by atoms with Crippen LogP contribution in [0.15, 0.2) is 0 Å². The van der Waals surface area contributed by atoms with Gasteiger partial charge in [0.1, 0.15) is 6.54 Å². The van der Waals surface area contributed by atoms with E-state index in [0.717, 1.165) is 4.90 Å². The molecule has 1 aliphatic rings. The molecule has 84 valence electrons. The number of amides is 3. The van der Waals surface area contributed by atoms with E-state index in [1.165, 1.54) is 11.8 Å². The van der Waals surface area contributed by atoms with Crippen molar-refractivity contribution in [1.29, 1.82) is 0 Å². The van der Waals surface area contributed by atoms with Gasteiger partial charge in [0, 0.05) is 6.42 Å². The summed E-state index contributed by atoms with van der Waals surface area (Å²) in [6.45, 7) is 3.62. The molecule has 15 heavy (non-hydrogen) atoms. The van der Waals surface area contributed by atoms with Crippen LogP contribution >= 0.6 is 11.8 Å². The van der Waals surface area contributed by atoms with Crippen molar-refractivity contribution in [2.24, 2.45) is 5.73 Å². The highest BCUT2D eigenvalue weighted by molar-refractivity contribution is 8.01. The maximum Gasteiger partial charge on any atom is 0.243 e. The molecule has 0 aromatic heterocycles. The fourth-order valence-electron chi connectivity index (χ4n) is 1.41. The molecule has 1 rings (SSSR count). The normalized spacial score (nSPS) is 21.5. The molecule has 0 bridgehead atoms. The zero-order chi connectivity index (χ0) is 11.6. The molecule has 0 radical (unpaired) electrons. The van der Waals surface area contributed by atoms with Crippen molar-refractivity contribution in [2.75, 3.05) is 6.54 Å². The summed E-state index contributed by atoms with van der Waals surface area (Å²) < 4.78 is 0. The number of imide groups is 1. The van der Waals surface area contributed by atoms with E-state index in [-0.39, 0.29) is 35.3 Å². The molecular weight excluding hydrogens is 216 g/mol. The van der Waals surface area contributed by atoms with Crippen LogP contribution in [0.4, 0.5) is 0 Å². The van der Waals surface area contributed by atoms with Crippen molar-refractivity contribution >= 4 is 29.5 Å². The zero-order valence-electron chi connectivity index (χ0n) is 8.73. The lowest BCUT2D eigenvalue weighted by atomic mass is 10.4. The first-order valence-corrected chi connectivity index (χ1v) is 5.64. The van der Waals surface area contributed by atoms with Crippen LogP contribution in [0, 0.1) is 0 Å². The minimum absolute atomic E-state index is 0.176. The van der Waals surface area contributed by atoms with Crippen molar-refractivity contribution in [3.8, 4) is 0 Å². The summed E-state index contributed by atoms with van der Waals surface area (Å²) in [6.07, 6.45) is 0.176. The number of carbonyl (C=O) groups excluding carboxylic acids is 3. The smallest absolute Gasteiger partial charge is 0.243 e. The molecule has 5 nitrogen and oxygen atoms in total. The second kappa shape index (κ2) is 4.65. The largest absolute Gasteiger partial charge is 0.368 e. The number of likely N-dealkylation sites (tertiary alicyclic amines) is 1. The molecule has 3 amide bonds. The summed E-state index contributed by atoms with van der Waals surface area (Å²) in [7, 11) is 0. The van der Waals surface area contributed by atoms with Crippen LogP contribution in [0.5, 0.6) is 0 Å². The lowest BCUT2D eigenvalue weighted by Crippen LogP contribution is -2.38. The van der Waals surface area contributed by atoms with Gasteiger partial charge in [0.15, 0.2) is 0 Å². The van der Waals surface area contributed by atoms with Crippen LogP contribution in [0.1, 0.15) is 20.3 Å². The fraction of sp³-hybridized carbons (Fsp3) is 0.667. The van der Waals surface area contributed by atoms with Crippen LogP contribution in [0.3, 0.4) is 0 Å². The number of hydrogen-bond acceptors (Lipinski definition) is 4. The van der Waals surface area contributed by atoms with E-state index < -0.39 is 5.91 Å². The van der Waals surface area contributed by atoms with Gasteiger partial charge >= 0.3 is 0 Å². The minimum Gasteiger partial charge on any atom is -0.368 e. The van der Waals surface area contributed by atoms with Gasteiger partial charge in [0.05, 0.1) is 5.25 Å². The summed E-state index contributed by atoms with van der Waals surface area (Å²) in [6, 6.07) is 0. The van der Waals surface area contributed by atoms with E-state index in [1.54, 1.807) is 0 Å². The van der Waals surface area contributed by atoms with Gasteiger partial charge in [0.2, 0.25) is 17.7 Å². The lowest BCUT2D eigenvalue weighted by Gasteiger charge is -2.13. The van der Waals surface area contributed by atoms with E-state index in [4.69, 9.17) is 5.73 Å². The molecule has 1 unspecified atom stereocenters. The zero-order valence-corrected chi connectivity index (χ0v) is 9.54. The third-order valence-electron chi connectivity index (χ3n) is 1.95. The number of primary amides is 1. The van der Waals surface area contributed by atoms with Gasteiger partial charge in [-0.15, -0.1) is 11.8 Å². The molecule has 1 atom stereocenters. The lowest BCUT2D eigenvalue weighted by molar-refractivity contribution is -0.141. The van der Waals surface area contributed by atoms with Gasteiger partial charge in [-0.25, -0.2) is 0 Å². The Kier molecular flexibility index (Phi) is 3.73. The average molecular weight is 230 g/mol. The Bertz CT molecular complexity index is 304. The summed E-state index contributed by atoms with van der Waals surface area (Å²) >= 11 is 1.44. The molecule has 1 heterocycles. The quantitative estimate of drug-likeness (QED) is 0.675. The highest BCUT2D eigenvalue weighted by Crippen LogP contribution is 2.27. The van der Waals surface area contributed by atoms with Crippen LogP contribution < -0.4 is 5.73 Å². The van der Waals surface area contributed by atoms with E-state index in [9.17, 15) is 14.4 Å². The average Bonchev–Trinajstić information content (AvgIpc) is 2.31. The number of thioether (sulfide) groups is 1. The van der Waals surface area contributed by atoms with Crippen molar-refractivity contribution in [2.45, 2.75) is 30.8 Å². The Hall–Kier alpha value is -1.04. The maximum absolute atomic E-state index is 11.7. The molecule has 1 saturated heterocycles. The van der Waals surface area contributed by atoms with Gasteiger partial charge < -0.3 is 5.73 Å². The molecule has 0 aliphatic carbocycles. The number of rotatable bonds is 4. The molecule has 0 aromatic rings. The second-order valence-corrected chi connectivity index (χ2v) is 5.45. The summed E-state index contributed by atoms with van der Waals surface area (Å²) in [5, 5.41) is -0.0721. The standard InChI is InChI=1S/C9H14N2O3S/c1-5(2)15-6-3-8(13)11(9(6)14)4-7(10)12/h5-6H,3-4H2,1-2H3,(H2,10,12). The Morgan fingerprint density at radius 1 is 1.60 bits per heavy atom. The first-order chi connectivity index (χ1) is 6.91. The Morgan fingerprint density at radius 2 is 2.20 bits per heavy atom. The maximum atomic E-state index is 11.7. The van der Waals surface area contributed by atoms with Gasteiger partial charge in [0.25, 0.3) is 0 Å².